The quantitative estimate of drug-likeness (QED) is 0.898. The number of carbonyl (C=O) groups excluding carboxylic acids is 1. The smallest absolute Gasteiger partial charge is 0.251 e. The molecule has 23 heavy (non-hydrogen) atoms. The zero-order valence-corrected chi connectivity index (χ0v) is 13.8. The Morgan fingerprint density at radius 3 is 2.17 bits per heavy atom. The van der Waals surface area contributed by atoms with Crippen LogP contribution in [-0.2, 0) is 6.42 Å². The molecule has 0 bridgehead atoms. The second-order valence-corrected chi connectivity index (χ2v) is 6.22. The molecule has 0 aromatic heterocycles. The molecule has 0 saturated heterocycles. The number of hydrogen-bond donors (Lipinski definition) is 1. The van der Waals surface area contributed by atoms with Crippen molar-refractivity contribution in [2.75, 3.05) is 0 Å². The molecule has 1 atom stereocenters. The van der Waals surface area contributed by atoms with E-state index >= 15 is 0 Å². The van der Waals surface area contributed by atoms with Crippen LogP contribution < -0.4 is 5.32 Å². The topological polar surface area (TPSA) is 52.9 Å². The van der Waals surface area contributed by atoms with Crippen molar-refractivity contribution < 1.29 is 4.79 Å². The van der Waals surface area contributed by atoms with Crippen molar-refractivity contribution in [3.05, 3.63) is 70.8 Å². The molecule has 0 aliphatic carbocycles. The molecule has 0 saturated carbocycles. The van der Waals surface area contributed by atoms with Crippen molar-refractivity contribution in [1.82, 2.24) is 5.32 Å². The monoisotopic (exact) mass is 306 g/mol. The number of nitrogens with one attached hydrogen (secondary N) is 1. The highest BCUT2D eigenvalue weighted by Crippen LogP contribution is 2.16. The Morgan fingerprint density at radius 2 is 1.65 bits per heavy atom. The number of nitriles is 1. The molecule has 2 rings (SSSR count). The minimum atomic E-state index is -0.131. The molecule has 1 N–H and O–H groups in total. The van der Waals surface area contributed by atoms with Crippen LogP contribution in [0, 0.1) is 17.2 Å². The zero-order valence-electron chi connectivity index (χ0n) is 13.8. The molecule has 0 fully saturated rings. The Hall–Kier alpha value is -2.60. The van der Waals surface area contributed by atoms with Gasteiger partial charge < -0.3 is 5.32 Å². The van der Waals surface area contributed by atoms with E-state index in [0.29, 0.717) is 17.0 Å². The first kappa shape index (κ1) is 16.8. The SMILES string of the molecule is CC(C)Cc1ccc([C@H](C)NC(=O)c2ccc(C#N)cc2)cc1. The maximum absolute atomic E-state index is 12.2. The Bertz CT molecular complexity index is 694. The number of benzene rings is 2. The summed E-state index contributed by atoms with van der Waals surface area (Å²) in [5.41, 5.74) is 3.51. The second-order valence-electron chi connectivity index (χ2n) is 6.22. The largest absolute Gasteiger partial charge is 0.346 e. The number of amides is 1. The van der Waals surface area contributed by atoms with E-state index in [9.17, 15) is 4.79 Å². The van der Waals surface area contributed by atoms with E-state index in [2.05, 4.69) is 43.4 Å². The zero-order chi connectivity index (χ0) is 16.8. The fraction of sp³-hybridized carbons (Fsp3) is 0.300. The number of nitrogens with zero attached hydrogens (tertiary/aromatic N) is 1. The normalized spacial score (nSPS) is 11.8. The number of carbonyl (C=O) groups is 1. The van der Waals surface area contributed by atoms with Gasteiger partial charge in [-0.1, -0.05) is 38.1 Å². The van der Waals surface area contributed by atoms with E-state index < -0.39 is 0 Å². The van der Waals surface area contributed by atoms with E-state index in [4.69, 9.17) is 5.26 Å². The van der Waals surface area contributed by atoms with Gasteiger partial charge in [0.1, 0.15) is 0 Å². The van der Waals surface area contributed by atoms with Crippen LogP contribution in [0.5, 0.6) is 0 Å². The molecule has 0 heterocycles. The molecule has 2 aromatic carbocycles. The van der Waals surface area contributed by atoms with E-state index in [1.165, 1.54) is 5.56 Å². The van der Waals surface area contributed by atoms with Crippen LogP contribution >= 0.6 is 0 Å². The Balaban J connectivity index is 2.01. The highest BCUT2D eigenvalue weighted by molar-refractivity contribution is 5.94. The molecule has 3 nitrogen and oxygen atoms in total. The van der Waals surface area contributed by atoms with E-state index in [1.54, 1.807) is 24.3 Å². The van der Waals surface area contributed by atoms with Gasteiger partial charge in [0.05, 0.1) is 17.7 Å². The molecule has 0 radical (unpaired) electrons. The molecule has 0 aliphatic heterocycles. The van der Waals surface area contributed by atoms with Gasteiger partial charge in [-0.15, -0.1) is 0 Å². The molecule has 1 amide bonds. The third-order valence-corrected chi connectivity index (χ3v) is 3.75. The minimum absolute atomic E-state index is 0.0637. The van der Waals surface area contributed by atoms with Crippen LogP contribution in [0.3, 0.4) is 0 Å². The lowest BCUT2D eigenvalue weighted by Gasteiger charge is -2.15. The van der Waals surface area contributed by atoms with Gasteiger partial charge in [-0.2, -0.15) is 5.26 Å². The van der Waals surface area contributed by atoms with Crippen LogP contribution in [-0.4, -0.2) is 5.91 Å². The maximum Gasteiger partial charge on any atom is 0.251 e. The van der Waals surface area contributed by atoms with Crippen LogP contribution in [0.1, 0.15) is 53.9 Å². The lowest BCUT2D eigenvalue weighted by molar-refractivity contribution is 0.0940. The molecule has 118 valence electrons. The highest BCUT2D eigenvalue weighted by Gasteiger charge is 2.11. The summed E-state index contributed by atoms with van der Waals surface area (Å²) in [5, 5.41) is 11.8. The predicted molar refractivity (Wildman–Crippen MR) is 92.0 cm³/mol. The van der Waals surface area contributed by atoms with Gasteiger partial charge in [-0.25, -0.2) is 0 Å². The Labute approximate surface area is 138 Å². The van der Waals surface area contributed by atoms with Gasteiger partial charge in [0.25, 0.3) is 5.91 Å². The molecule has 3 heteroatoms. The number of hydrogen-bond acceptors (Lipinski definition) is 2. The molecule has 0 aliphatic rings. The van der Waals surface area contributed by atoms with Crippen molar-refractivity contribution in [2.45, 2.75) is 33.2 Å². The second kappa shape index (κ2) is 7.60. The molecular formula is C20H22N2O. The van der Waals surface area contributed by atoms with Gasteiger partial charge in [0, 0.05) is 5.56 Å². The van der Waals surface area contributed by atoms with Crippen LogP contribution in [0.25, 0.3) is 0 Å². The average Bonchev–Trinajstić information content (AvgIpc) is 2.55. The van der Waals surface area contributed by atoms with Gasteiger partial charge in [-0.05, 0) is 54.7 Å². The van der Waals surface area contributed by atoms with Gasteiger partial charge in [0.15, 0.2) is 0 Å². The number of rotatable bonds is 5. The van der Waals surface area contributed by atoms with Crippen molar-refractivity contribution in [2.24, 2.45) is 5.92 Å². The lowest BCUT2D eigenvalue weighted by atomic mass is 10.00. The summed E-state index contributed by atoms with van der Waals surface area (Å²) >= 11 is 0. The fourth-order valence-corrected chi connectivity index (χ4v) is 2.47. The van der Waals surface area contributed by atoms with E-state index in [1.807, 2.05) is 13.0 Å². The summed E-state index contributed by atoms with van der Waals surface area (Å²) in [7, 11) is 0. The molecule has 0 unspecified atom stereocenters. The third kappa shape index (κ3) is 4.69. The van der Waals surface area contributed by atoms with Gasteiger partial charge >= 0.3 is 0 Å². The molecular weight excluding hydrogens is 284 g/mol. The first-order valence-electron chi connectivity index (χ1n) is 7.89. The Morgan fingerprint density at radius 1 is 1.04 bits per heavy atom. The summed E-state index contributed by atoms with van der Waals surface area (Å²) in [6.07, 6.45) is 1.06. The van der Waals surface area contributed by atoms with E-state index in [-0.39, 0.29) is 11.9 Å². The summed E-state index contributed by atoms with van der Waals surface area (Å²) < 4.78 is 0. The first-order valence-corrected chi connectivity index (χ1v) is 7.89. The van der Waals surface area contributed by atoms with Crippen LogP contribution in [0.2, 0.25) is 0 Å². The minimum Gasteiger partial charge on any atom is -0.346 e. The molecule has 2 aromatic rings. The van der Waals surface area contributed by atoms with Crippen LogP contribution in [0.15, 0.2) is 48.5 Å². The summed E-state index contributed by atoms with van der Waals surface area (Å²) in [6.45, 7) is 6.38. The van der Waals surface area contributed by atoms with Crippen molar-refractivity contribution in [1.29, 1.82) is 5.26 Å². The first-order chi connectivity index (χ1) is 11.0. The van der Waals surface area contributed by atoms with Crippen molar-refractivity contribution in [3.63, 3.8) is 0 Å². The Kier molecular flexibility index (Phi) is 5.54. The predicted octanol–water partition coefficient (Wildman–Crippen LogP) is 4.25. The molecule has 0 spiro atoms. The third-order valence-electron chi connectivity index (χ3n) is 3.75. The van der Waals surface area contributed by atoms with Crippen LogP contribution in [0.4, 0.5) is 0 Å². The maximum atomic E-state index is 12.2. The van der Waals surface area contributed by atoms with Gasteiger partial charge in [0.2, 0.25) is 0 Å². The highest BCUT2D eigenvalue weighted by atomic mass is 16.1. The fourth-order valence-electron chi connectivity index (χ4n) is 2.47. The average molecular weight is 306 g/mol. The summed E-state index contributed by atoms with van der Waals surface area (Å²) in [6, 6.07) is 17.0. The van der Waals surface area contributed by atoms with Gasteiger partial charge in [-0.3, -0.25) is 4.79 Å². The van der Waals surface area contributed by atoms with E-state index in [0.717, 1.165) is 12.0 Å². The van der Waals surface area contributed by atoms with Crippen molar-refractivity contribution >= 4 is 5.91 Å². The lowest BCUT2D eigenvalue weighted by Crippen LogP contribution is -2.26. The summed E-state index contributed by atoms with van der Waals surface area (Å²) in [4.78, 5) is 12.2. The summed E-state index contributed by atoms with van der Waals surface area (Å²) in [5.74, 6) is 0.502. The van der Waals surface area contributed by atoms with Crippen molar-refractivity contribution in [3.8, 4) is 6.07 Å². The standard InChI is InChI=1S/C20H22N2O/c1-14(2)12-16-4-8-18(9-5-16)15(3)22-20(23)19-10-6-17(13-21)7-11-19/h4-11,14-15H,12H2,1-3H3,(H,22,23)/t15-/m0/s1.